The molecule has 0 heterocycles. The molecule has 0 fully saturated rings. The van der Waals surface area contributed by atoms with Gasteiger partial charge in [0.05, 0.1) is 0 Å². The lowest BCUT2D eigenvalue weighted by molar-refractivity contribution is 0.102. The van der Waals surface area contributed by atoms with E-state index in [1.54, 1.807) is 0 Å². The summed E-state index contributed by atoms with van der Waals surface area (Å²) in [5, 5.41) is 6.26. The molecule has 0 aliphatic carbocycles. The highest BCUT2D eigenvalue weighted by molar-refractivity contribution is 6.04. The molecule has 0 aromatic heterocycles. The molecule has 2 rings (SSSR count). The van der Waals surface area contributed by atoms with E-state index < -0.39 is 0 Å². The number of nitrogens with zero attached hydrogens (tertiary/aromatic N) is 1. The number of amides is 1. The van der Waals surface area contributed by atoms with Crippen LogP contribution in [0.3, 0.4) is 0 Å². The Kier molecular flexibility index (Phi) is 6.32. The summed E-state index contributed by atoms with van der Waals surface area (Å²) in [5.41, 5.74) is 3.79. The number of nitrogens with one attached hydrogen (secondary N) is 2. The maximum Gasteiger partial charge on any atom is 0.255 e. The fourth-order valence-corrected chi connectivity index (χ4v) is 2.41. The molecule has 0 unspecified atom stereocenters. The highest BCUT2D eigenvalue weighted by atomic mass is 16.1. The molecule has 122 valence electrons. The quantitative estimate of drug-likeness (QED) is 0.826. The zero-order chi connectivity index (χ0) is 16.7. The summed E-state index contributed by atoms with van der Waals surface area (Å²) in [5.74, 6) is -0.0776. The smallest absolute Gasteiger partial charge is 0.255 e. The van der Waals surface area contributed by atoms with Gasteiger partial charge in [0.25, 0.3) is 5.91 Å². The standard InChI is InChI=1S/C19H25N3O/c1-4-20-13-15-7-6-10-18(12-15)21-19(23)17-9-5-8-16(11-17)14-22(2)3/h5-12,20H,4,13-14H2,1-3H3,(H,21,23). The Morgan fingerprint density at radius 2 is 1.78 bits per heavy atom. The van der Waals surface area contributed by atoms with Gasteiger partial charge < -0.3 is 15.5 Å². The van der Waals surface area contributed by atoms with Crippen LogP contribution < -0.4 is 10.6 Å². The van der Waals surface area contributed by atoms with Gasteiger partial charge >= 0.3 is 0 Å². The summed E-state index contributed by atoms with van der Waals surface area (Å²) in [7, 11) is 4.03. The fraction of sp³-hybridized carbons (Fsp3) is 0.316. The summed E-state index contributed by atoms with van der Waals surface area (Å²) in [6.07, 6.45) is 0. The minimum atomic E-state index is -0.0776. The second-order valence-corrected chi connectivity index (χ2v) is 5.87. The first-order valence-electron chi connectivity index (χ1n) is 7.93. The predicted molar refractivity (Wildman–Crippen MR) is 95.6 cm³/mol. The third-order valence-corrected chi connectivity index (χ3v) is 3.45. The van der Waals surface area contributed by atoms with Gasteiger partial charge in [0.2, 0.25) is 0 Å². The molecule has 4 heteroatoms. The first-order valence-corrected chi connectivity index (χ1v) is 7.93. The molecule has 0 aliphatic rings. The zero-order valence-corrected chi connectivity index (χ0v) is 14.1. The molecule has 0 bridgehead atoms. The van der Waals surface area contributed by atoms with Gasteiger partial charge in [0.15, 0.2) is 0 Å². The average Bonchev–Trinajstić information content (AvgIpc) is 2.53. The largest absolute Gasteiger partial charge is 0.322 e. The first-order chi connectivity index (χ1) is 11.1. The van der Waals surface area contributed by atoms with Crippen molar-refractivity contribution in [3.8, 4) is 0 Å². The zero-order valence-electron chi connectivity index (χ0n) is 14.1. The molecule has 1 amide bonds. The van der Waals surface area contributed by atoms with E-state index in [2.05, 4.69) is 28.5 Å². The van der Waals surface area contributed by atoms with E-state index in [1.165, 1.54) is 0 Å². The Morgan fingerprint density at radius 1 is 1.04 bits per heavy atom. The SMILES string of the molecule is CCNCc1cccc(NC(=O)c2cccc(CN(C)C)c2)c1. The molecule has 0 aliphatic heterocycles. The van der Waals surface area contributed by atoms with Gasteiger partial charge in [-0.25, -0.2) is 0 Å². The minimum absolute atomic E-state index is 0.0776. The predicted octanol–water partition coefficient (Wildman–Crippen LogP) is 3.11. The van der Waals surface area contributed by atoms with Crippen molar-refractivity contribution >= 4 is 11.6 Å². The monoisotopic (exact) mass is 311 g/mol. The van der Waals surface area contributed by atoms with E-state index in [-0.39, 0.29) is 5.91 Å². The van der Waals surface area contributed by atoms with Crippen molar-refractivity contribution in [2.75, 3.05) is 26.0 Å². The lowest BCUT2D eigenvalue weighted by Crippen LogP contribution is -2.15. The van der Waals surface area contributed by atoms with Crippen molar-refractivity contribution in [2.24, 2.45) is 0 Å². The van der Waals surface area contributed by atoms with Crippen molar-refractivity contribution in [1.29, 1.82) is 0 Å². The third kappa shape index (κ3) is 5.51. The lowest BCUT2D eigenvalue weighted by Gasteiger charge is -2.11. The van der Waals surface area contributed by atoms with Crippen LogP contribution in [-0.4, -0.2) is 31.4 Å². The topological polar surface area (TPSA) is 44.4 Å². The number of anilines is 1. The van der Waals surface area contributed by atoms with Gasteiger partial charge in [0.1, 0.15) is 0 Å². The Bertz CT molecular complexity index is 653. The van der Waals surface area contributed by atoms with Crippen LogP contribution in [0, 0.1) is 0 Å². The van der Waals surface area contributed by atoms with E-state index in [0.29, 0.717) is 5.56 Å². The summed E-state index contributed by atoms with van der Waals surface area (Å²) >= 11 is 0. The summed E-state index contributed by atoms with van der Waals surface area (Å²) in [6.45, 7) is 4.62. The van der Waals surface area contributed by atoms with Crippen molar-refractivity contribution in [1.82, 2.24) is 10.2 Å². The Hall–Kier alpha value is -2.17. The molecule has 0 radical (unpaired) electrons. The fourth-order valence-electron chi connectivity index (χ4n) is 2.41. The van der Waals surface area contributed by atoms with Crippen LogP contribution in [0.5, 0.6) is 0 Å². The van der Waals surface area contributed by atoms with Crippen LogP contribution in [0.25, 0.3) is 0 Å². The Balaban J connectivity index is 2.06. The number of rotatable bonds is 7. The van der Waals surface area contributed by atoms with Gasteiger partial charge in [-0.05, 0) is 56.0 Å². The second-order valence-electron chi connectivity index (χ2n) is 5.87. The molecule has 2 aromatic carbocycles. The molecule has 0 spiro atoms. The molecule has 2 aromatic rings. The van der Waals surface area contributed by atoms with Crippen molar-refractivity contribution < 1.29 is 4.79 Å². The molecule has 4 nitrogen and oxygen atoms in total. The lowest BCUT2D eigenvalue weighted by atomic mass is 10.1. The molecule has 0 saturated heterocycles. The third-order valence-electron chi connectivity index (χ3n) is 3.45. The van der Waals surface area contributed by atoms with Crippen LogP contribution in [0.2, 0.25) is 0 Å². The number of carbonyl (C=O) groups excluding carboxylic acids is 1. The molecule has 0 saturated carbocycles. The minimum Gasteiger partial charge on any atom is -0.322 e. The maximum atomic E-state index is 12.4. The van der Waals surface area contributed by atoms with Crippen molar-refractivity contribution in [3.63, 3.8) is 0 Å². The molecule has 0 atom stereocenters. The van der Waals surface area contributed by atoms with Crippen LogP contribution in [0.1, 0.15) is 28.4 Å². The first kappa shape index (κ1) is 17.2. The number of carbonyl (C=O) groups is 1. The summed E-state index contributed by atoms with van der Waals surface area (Å²) in [4.78, 5) is 14.5. The number of hydrogen-bond donors (Lipinski definition) is 2. The highest BCUT2D eigenvalue weighted by Gasteiger charge is 2.07. The molecule has 23 heavy (non-hydrogen) atoms. The average molecular weight is 311 g/mol. The van der Waals surface area contributed by atoms with Crippen molar-refractivity contribution in [2.45, 2.75) is 20.0 Å². The number of benzene rings is 2. The van der Waals surface area contributed by atoms with E-state index in [0.717, 1.165) is 36.4 Å². The van der Waals surface area contributed by atoms with Gasteiger partial charge in [0, 0.05) is 24.3 Å². The van der Waals surface area contributed by atoms with E-state index in [9.17, 15) is 4.79 Å². The summed E-state index contributed by atoms with van der Waals surface area (Å²) < 4.78 is 0. The Labute approximate surface area is 138 Å². The molecular formula is C19H25N3O. The maximum absolute atomic E-state index is 12.4. The number of hydrogen-bond acceptors (Lipinski definition) is 3. The Morgan fingerprint density at radius 3 is 2.52 bits per heavy atom. The van der Waals surface area contributed by atoms with Gasteiger partial charge in [-0.15, -0.1) is 0 Å². The van der Waals surface area contributed by atoms with Crippen molar-refractivity contribution in [3.05, 3.63) is 65.2 Å². The van der Waals surface area contributed by atoms with Gasteiger partial charge in [-0.3, -0.25) is 4.79 Å². The van der Waals surface area contributed by atoms with Gasteiger partial charge in [-0.2, -0.15) is 0 Å². The molecule has 2 N–H and O–H groups in total. The van der Waals surface area contributed by atoms with Crippen LogP contribution in [0.15, 0.2) is 48.5 Å². The summed E-state index contributed by atoms with van der Waals surface area (Å²) in [6, 6.07) is 15.7. The normalized spacial score (nSPS) is 10.8. The van der Waals surface area contributed by atoms with Gasteiger partial charge in [-0.1, -0.05) is 31.2 Å². The van der Waals surface area contributed by atoms with E-state index in [4.69, 9.17) is 0 Å². The second kappa shape index (κ2) is 8.46. The van der Waals surface area contributed by atoms with Crippen LogP contribution in [0.4, 0.5) is 5.69 Å². The molecular weight excluding hydrogens is 286 g/mol. The van der Waals surface area contributed by atoms with E-state index in [1.807, 2.05) is 56.6 Å². The highest BCUT2D eigenvalue weighted by Crippen LogP contribution is 2.13. The van der Waals surface area contributed by atoms with Crippen LogP contribution in [-0.2, 0) is 13.1 Å². The van der Waals surface area contributed by atoms with Crippen LogP contribution >= 0.6 is 0 Å². The van der Waals surface area contributed by atoms with E-state index >= 15 is 0 Å².